The molecular formula is C14H19NO2. The Kier molecular flexibility index (Phi) is 4.76. The highest BCUT2D eigenvalue weighted by Crippen LogP contribution is 2.16. The van der Waals surface area contributed by atoms with Crippen LogP contribution < -0.4 is 4.90 Å². The van der Waals surface area contributed by atoms with E-state index in [2.05, 4.69) is 6.58 Å². The van der Waals surface area contributed by atoms with Crippen molar-refractivity contribution in [3.63, 3.8) is 0 Å². The van der Waals surface area contributed by atoms with Crippen molar-refractivity contribution in [2.75, 3.05) is 18.0 Å². The van der Waals surface area contributed by atoms with Crippen molar-refractivity contribution in [2.24, 2.45) is 5.92 Å². The number of rotatable bonds is 6. The molecule has 0 aliphatic rings. The summed E-state index contributed by atoms with van der Waals surface area (Å²) in [5, 5.41) is 8.94. The molecule has 1 aromatic carbocycles. The average Bonchev–Trinajstić information content (AvgIpc) is 2.29. The van der Waals surface area contributed by atoms with Crippen LogP contribution in [0.1, 0.15) is 12.5 Å². The van der Waals surface area contributed by atoms with Crippen LogP contribution >= 0.6 is 0 Å². The zero-order valence-corrected chi connectivity index (χ0v) is 10.4. The first kappa shape index (κ1) is 13.3. The van der Waals surface area contributed by atoms with Crippen molar-refractivity contribution >= 4 is 11.7 Å². The van der Waals surface area contributed by atoms with E-state index in [0.717, 1.165) is 5.69 Å². The van der Waals surface area contributed by atoms with Gasteiger partial charge in [-0.1, -0.05) is 30.7 Å². The lowest BCUT2D eigenvalue weighted by molar-refractivity contribution is -0.140. The number of aryl methyl sites for hydroxylation is 1. The summed E-state index contributed by atoms with van der Waals surface area (Å²) in [6.45, 7) is 8.59. The predicted molar refractivity (Wildman–Crippen MR) is 70.4 cm³/mol. The number of carboxylic acids is 1. The molecule has 0 aromatic heterocycles. The maximum atomic E-state index is 10.9. The van der Waals surface area contributed by atoms with Gasteiger partial charge in [0, 0.05) is 18.8 Å². The first-order valence-electron chi connectivity index (χ1n) is 5.70. The number of nitrogens with zero attached hydrogens (tertiary/aromatic N) is 1. The monoisotopic (exact) mass is 233 g/mol. The summed E-state index contributed by atoms with van der Waals surface area (Å²) < 4.78 is 0. The zero-order chi connectivity index (χ0) is 12.8. The first-order valence-corrected chi connectivity index (χ1v) is 5.70. The van der Waals surface area contributed by atoms with Crippen LogP contribution in [0.25, 0.3) is 0 Å². The van der Waals surface area contributed by atoms with E-state index in [1.807, 2.05) is 36.1 Å². The summed E-state index contributed by atoms with van der Waals surface area (Å²) in [6, 6.07) is 8.06. The fourth-order valence-corrected chi connectivity index (χ4v) is 1.61. The third-order valence-electron chi connectivity index (χ3n) is 2.66. The van der Waals surface area contributed by atoms with Gasteiger partial charge in [-0.2, -0.15) is 0 Å². The minimum Gasteiger partial charge on any atom is -0.481 e. The van der Waals surface area contributed by atoms with Crippen molar-refractivity contribution in [3.05, 3.63) is 42.5 Å². The molecule has 92 valence electrons. The molecule has 1 N–H and O–H groups in total. The molecule has 0 heterocycles. The SMILES string of the molecule is C=CCN(CC(C)C(=O)O)c1ccc(C)cc1. The van der Waals surface area contributed by atoms with E-state index in [4.69, 9.17) is 5.11 Å². The van der Waals surface area contributed by atoms with Crippen LogP contribution in [-0.2, 0) is 4.79 Å². The van der Waals surface area contributed by atoms with E-state index in [9.17, 15) is 4.79 Å². The van der Waals surface area contributed by atoms with Crippen LogP contribution in [0.4, 0.5) is 5.69 Å². The Morgan fingerprint density at radius 2 is 2.06 bits per heavy atom. The normalized spacial score (nSPS) is 11.9. The summed E-state index contributed by atoms with van der Waals surface area (Å²) >= 11 is 0. The topological polar surface area (TPSA) is 40.5 Å². The van der Waals surface area contributed by atoms with Gasteiger partial charge in [0.1, 0.15) is 0 Å². The maximum absolute atomic E-state index is 10.9. The Labute approximate surface area is 102 Å². The Bertz CT molecular complexity index is 384. The Balaban J connectivity index is 2.81. The molecule has 0 aliphatic heterocycles. The fraction of sp³-hybridized carbons (Fsp3) is 0.357. The van der Waals surface area contributed by atoms with Gasteiger partial charge in [-0.25, -0.2) is 0 Å². The lowest BCUT2D eigenvalue weighted by Gasteiger charge is -2.25. The number of hydrogen-bond donors (Lipinski definition) is 1. The highest BCUT2D eigenvalue weighted by Gasteiger charge is 2.15. The highest BCUT2D eigenvalue weighted by atomic mass is 16.4. The van der Waals surface area contributed by atoms with Crippen LogP contribution in [0, 0.1) is 12.8 Å². The van der Waals surface area contributed by atoms with Gasteiger partial charge < -0.3 is 10.0 Å². The molecule has 0 bridgehead atoms. The van der Waals surface area contributed by atoms with Gasteiger partial charge in [0.15, 0.2) is 0 Å². The number of hydrogen-bond acceptors (Lipinski definition) is 2. The van der Waals surface area contributed by atoms with Gasteiger partial charge in [-0.15, -0.1) is 6.58 Å². The van der Waals surface area contributed by atoms with E-state index in [0.29, 0.717) is 13.1 Å². The molecule has 0 amide bonds. The highest BCUT2D eigenvalue weighted by molar-refractivity contribution is 5.70. The van der Waals surface area contributed by atoms with Crippen molar-refractivity contribution < 1.29 is 9.90 Å². The molecule has 0 aliphatic carbocycles. The fourth-order valence-electron chi connectivity index (χ4n) is 1.61. The van der Waals surface area contributed by atoms with E-state index in [-0.39, 0.29) is 0 Å². The van der Waals surface area contributed by atoms with Crippen LogP contribution in [-0.4, -0.2) is 24.2 Å². The zero-order valence-electron chi connectivity index (χ0n) is 10.4. The van der Waals surface area contributed by atoms with E-state index in [1.54, 1.807) is 13.0 Å². The molecule has 0 fully saturated rings. The second kappa shape index (κ2) is 6.09. The van der Waals surface area contributed by atoms with Crippen molar-refractivity contribution in [1.82, 2.24) is 0 Å². The minimum atomic E-state index is -0.772. The third-order valence-corrected chi connectivity index (χ3v) is 2.66. The second-order valence-corrected chi connectivity index (χ2v) is 4.27. The van der Waals surface area contributed by atoms with E-state index >= 15 is 0 Å². The van der Waals surface area contributed by atoms with Gasteiger partial charge in [0.2, 0.25) is 0 Å². The molecule has 1 atom stereocenters. The minimum absolute atomic E-state index is 0.392. The Morgan fingerprint density at radius 3 is 2.53 bits per heavy atom. The van der Waals surface area contributed by atoms with Crippen LogP contribution in [0.5, 0.6) is 0 Å². The first-order chi connectivity index (χ1) is 8.04. The van der Waals surface area contributed by atoms with Crippen LogP contribution in [0.3, 0.4) is 0 Å². The number of carboxylic acid groups (broad SMARTS) is 1. The molecule has 0 saturated carbocycles. The van der Waals surface area contributed by atoms with Crippen LogP contribution in [0.2, 0.25) is 0 Å². The lowest BCUT2D eigenvalue weighted by Crippen LogP contribution is -2.31. The summed E-state index contributed by atoms with van der Waals surface area (Å²) in [5.41, 5.74) is 2.22. The molecule has 1 aromatic rings. The summed E-state index contributed by atoms with van der Waals surface area (Å²) in [5.74, 6) is -1.16. The Hall–Kier alpha value is -1.77. The average molecular weight is 233 g/mol. The number of carbonyl (C=O) groups is 1. The predicted octanol–water partition coefficient (Wildman–Crippen LogP) is 2.71. The number of benzene rings is 1. The lowest BCUT2D eigenvalue weighted by atomic mass is 10.1. The van der Waals surface area contributed by atoms with E-state index < -0.39 is 11.9 Å². The van der Waals surface area contributed by atoms with Gasteiger partial charge in [0.05, 0.1) is 5.92 Å². The number of anilines is 1. The maximum Gasteiger partial charge on any atom is 0.308 e. The number of aliphatic carboxylic acids is 1. The smallest absolute Gasteiger partial charge is 0.308 e. The summed E-state index contributed by atoms with van der Waals surface area (Å²) in [6.07, 6.45) is 1.79. The van der Waals surface area contributed by atoms with Crippen molar-refractivity contribution in [1.29, 1.82) is 0 Å². The second-order valence-electron chi connectivity index (χ2n) is 4.27. The van der Waals surface area contributed by atoms with E-state index in [1.165, 1.54) is 5.56 Å². The molecule has 3 nitrogen and oxygen atoms in total. The van der Waals surface area contributed by atoms with Gasteiger partial charge in [-0.3, -0.25) is 4.79 Å². The molecule has 0 radical (unpaired) electrons. The largest absolute Gasteiger partial charge is 0.481 e. The molecule has 0 saturated heterocycles. The molecule has 17 heavy (non-hydrogen) atoms. The van der Waals surface area contributed by atoms with Gasteiger partial charge >= 0.3 is 5.97 Å². The summed E-state index contributed by atoms with van der Waals surface area (Å²) in [4.78, 5) is 12.9. The molecule has 3 heteroatoms. The summed E-state index contributed by atoms with van der Waals surface area (Å²) in [7, 11) is 0. The molecule has 0 spiro atoms. The van der Waals surface area contributed by atoms with Crippen molar-refractivity contribution in [3.8, 4) is 0 Å². The molecule has 1 rings (SSSR count). The third kappa shape index (κ3) is 3.94. The Morgan fingerprint density at radius 1 is 1.47 bits per heavy atom. The standard InChI is InChI=1S/C14H19NO2/c1-4-9-15(10-12(3)14(16)17)13-7-5-11(2)6-8-13/h4-8,12H,1,9-10H2,2-3H3,(H,16,17). The molecular weight excluding hydrogens is 214 g/mol. The van der Waals surface area contributed by atoms with Crippen LogP contribution in [0.15, 0.2) is 36.9 Å². The van der Waals surface area contributed by atoms with Gasteiger partial charge in [0.25, 0.3) is 0 Å². The quantitative estimate of drug-likeness (QED) is 0.768. The van der Waals surface area contributed by atoms with Gasteiger partial charge in [-0.05, 0) is 19.1 Å². The molecule has 1 unspecified atom stereocenters. The van der Waals surface area contributed by atoms with Crippen molar-refractivity contribution in [2.45, 2.75) is 13.8 Å².